The van der Waals surface area contributed by atoms with Gasteiger partial charge in [-0.05, 0) is 0 Å². The Kier molecular flexibility index (Phi) is 3.29. The fourth-order valence-corrected chi connectivity index (χ4v) is 2.50. The number of rotatable bonds is 1. The van der Waals surface area contributed by atoms with Crippen LogP contribution < -0.4 is 0 Å². The Morgan fingerprint density at radius 3 is 1.76 bits per heavy atom. The van der Waals surface area contributed by atoms with Crippen LogP contribution in [0.3, 0.4) is 0 Å². The molecule has 2 rings (SSSR count). The maximum atomic E-state index is 10.9. The number of imidazole rings is 1. The summed E-state index contributed by atoms with van der Waals surface area (Å²) in [6, 6.07) is 0. The number of hydrogen-bond acceptors (Lipinski definition) is 11. The third kappa shape index (κ3) is 1.61. The Balaban J connectivity index is 0.000000286. The molecule has 13 nitrogen and oxygen atoms in total. The molecule has 0 radical (unpaired) electrons. The predicted molar refractivity (Wildman–Crippen MR) is 72.4 cm³/mol. The Labute approximate surface area is 135 Å². The Bertz CT molecular complexity index is 1020. The average Bonchev–Trinajstić information content (AvgIpc) is 3.16. The number of nitro groups is 1. The second-order valence-electron chi connectivity index (χ2n) is 4.14. The molecule has 0 bridgehead atoms. The fourth-order valence-electron chi connectivity index (χ4n) is 1.13. The third-order valence-corrected chi connectivity index (χ3v) is 8.46. The van der Waals surface area contributed by atoms with Crippen LogP contribution in [0, 0.1) is 71.5 Å². The minimum Gasteiger partial charge on any atom is -0.342 e. The zero-order valence-corrected chi connectivity index (χ0v) is 13.0. The van der Waals surface area contributed by atoms with Gasteiger partial charge in [0.25, 0.3) is 0 Å². The molecule has 0 aliphatic carbocycles. The van der Waals surface area contributed by atoms with Crippen molar-refractivity contribution in [2.24, 2.45) is 0 Å². The van der Waals surface area contributed by atoms with Gasteiger partial charge < -0.3 is 4.98 Å². The molecule has 0 aliphatic heterocycles. The van der Waals surface area contributed by atoms with Gasteiger partial charge in [0.1, 0.15) is 11.8 Å². The van der Waals surface area contributed by atoms with Crippen LogP contribution in [0.4, 0.5) is 0 Å². The molecule has 14 heteroatoms. The molecule has 2 heterocycles. The van der Waals surface area contributed by atoms with E-state index in [1.54, 1.807) is 12.5 Å². The van der Waals surface area contributed by atoms with Crippen LogP contribution in [0.5, 0.6) is 0 Å². The molecule has 0 aromatic carbocycles. The standard InChI is InChI=1S/C5H4N4.6CN.Fe.NO2/c1-4-5(8-2-6-1)9-3-7-4;6*1-2;;2-1-3/h1-3H,(H,6,7,8,9);;;;;;;;. The number of H-pyrrole nitrogens is 1. The monoisotopic (exact) mass is 378 g/mol. The van der Waals surface area contributed by atoms with Gasteiger partial charge in [-0.15, -0.1) is 0 Å². The molecule has 2 aromatic rings. The summed E-state index contributed by atoms with van der Waals surface area (Å²) >= 11 is 0. The molecule has 0 aliphatic rings. The van der Waals surface area contributed by atoms with E-state index in [-0.39, 0.29) is 0 Å². The zero-order valence-electron chi connectivity index (χ0n) is 11.9. The molecule has 0 atom stereocenters. The Morgan fingerprint density at radius 2 is 1.44 bits per heavy atom. The molecular formula is C11H4FeN11O2. The summed E-state index contributed by atoms with van der Waals surface area (Å²) in [5.74, 6) is 0. The summed E-state index contributed by atoms with van der Waals surface area (Å²) < 4.78 is -1.94. The van der Waals surface area contributed by atoms with E-state index in [4.69, 9.17) is 31.6 Å². The normalized spacial score (nSPS) is 13.6. The smallest absolute Gasteiger partial charge is 0.180 e. The quantitative estimate of drug-likeness (QED) is 0.398. The number of fused-ring (bicyclic) bond motifs is 1. The van der Waals surface area contributed by atoms with Crippen molar-refractivity contribution in [1.29, 1.82) is 31.6 Å². The summed E-state index contributed by atoms with van der Waals surface area (Å²) in [5, 5.41) is 63.5. The first-order valence-electron chi connectivity index (χ1n) is 5.48. The first kappa shape index (κ1) is 18.5. The molecule has 0 saturated carbocycles. The third-order valence-electron chi connectivity index (χ3n) is 2.88. The fraction of sp³-hybridized carbons (Fsp3) is 0. The van der Waals surface area contributed by atoms with Crippen molar-refractivity contribution >= 4 is 11.2 Å². The van der Waals surface area contributed by atoms with E-state index in [1.165, 1.54) is 6.33 Å². The first-order valence-corrected chi connectivity index (χ1v) is 9.29. The maximum absolute atomic E-state index is 10.9. The van der Waals surface area contributed by atoms with Crippen LogP contribution in [0.2, 0.25) is 0 Å². The molecule has 0 spiro atoms. The summed E-state index contributed by atoms with van der Waals surface area (Å²) in [4.78, 5) is 28.6. The van der Waals surface area contributed by atoms with Crippen LogP contribution in [-0.2, 0) is 9.90 Å². The van der Waals surface area contributed by atoms with Gasteiger partial charge in [0.2, 0.25) is 0 Å². The minimum atomic E-state index is -8.25. The second kappa shape index (κ2) is 4.46. The molecule has 0 unspecified atom stereocenters. The van der Waals surface area contributed by atoms with Crippen LogP contribution in [0.15, 0.2) is 18.9 Å². The van der Waals surface area contributed by atoms with Crippen molar-refractivity contribution in [3.8, 4) is 29.8 Å². The topological polar surface area (TPSA) is 240 Å². The van der Waals surface area contributed by atoms with Crippen molar-refractivity contribution in [3.63, 3.8) is 0 Å². The molecule has 0 fully saturated rings. The van der Waals surface area contributed by atoms with Crippen LogP contribution in [0.1, 0.15) is 0 Å². The van der Waals surface area contributed by atoms with E-state index < -0.39 is 13.8 Å². The number of nitriles is 6. The molecule has 2 aromatic heterocycles. The van der Waals surface area contributed by atoms with Gasteiger partial charge in [-0.3, -0.25) is 0 Å². The number of hydrogen-bond donors (Lipinski definition) is 1. The van der Waals surface area contributed by atoms with Gasteiger partial charge in [0.05, 0.1) is 12.5 Å². The van der Waals surface area contributed by atoms with Crippen molar-refractivity contribution < 1.29 is 13.8 Å². The summed E-state index contributed by atoms with van der Waals surface area (Å²) in [5.41, 5.74) is 1.59. The van der Waals surface area contributed by atoms with Crippen molar-refractivity contribution in [3.05, 3.63) is 29.0 Å². The zero-order chi connectivity index (χ0) is 19.3. The van der Waals surface area contributed by atoms with E-state index in [2.05, 4.69) is 19.9 Å². The summed E-state index contributed by atoms with van der Waals surface area (Å²) in [6.45, 7) is 0. The minimum absolute atomic E-state index is 0.542. The van der Waals surface area contributed by atoms with Gasteiger partial charge in [-0.1, -0.05) is 0 Å². The van der Waals surface area contributed by atoms with E-state index in [0.717, 1.165) is 5.52 Å². The predicted octanol–water partition coefficient (Wildman–Crippen LogP) is 0.178. The van der Waals surface area contributed by atoms with E-state index in [9.17, 15) is 10.1 Å². The van der Waals surface area contributed by atoms with Crippen molar-refractivity contribution in [1.82, 2.24) is 19.9 Å². The van der Waals surface area contributed by atoms with Gasteiger partial charge in [-0.25, -0.2) is 15.0 Å². The van der Waals surface area contributed by atoms with Crippen LogP contribution in [0.25, 0.3) is 11.2 Å². The van der Waals surface area contributed by atoms with E-state index in [1.807, 2.05) is 0 Å². The molecular weight excluding hydrogens is 374 g/mol. The summed E-state index contributed by atoms with van der Waals surface area (Å²) in [7, 11) is -8.25. The van der Waals surface area contributed by atoms with E-state index in [0.29, 0.717) is 35.5 Å². The van der Waals surface area contributed by atoms with Crippen molar-refractivity contribution in [2.75, 3.05) is 0 Å². The molecule has 0 amide bonds. The number of aromatic amines is 1. The van der Waals surface area contributed by atoms with Gasteiger partial charge >= 0.3 is 85.3 Å². The molecule has 1 N–H and O–H groups in total. The van der Waals surface area contributed by atoms with Gasteiger partial charge in [0.15, 0.2) is 5.65 Å². The van der Waals surface area contributed by atoms with E-state index >= 15 is 0 Å². The average molecular weight is 378 g/mol. The number of nitrogens with zero attached hydrogens (tertiary/aromatic N) is 10. The molecule has 123 valence electrons. The molecule has 25 heavy (non-hydrogen) atoms. The summed E-state index contributed by atoms with van der Waals surface area (Å²) in [6.07, 6.45) is 4.76. The number of aromatic nitrogens is 4. The molecule has 0 saturated heterocycles. The Hall–Kier alpha value is -4.59. The maximum Gasteiger partial charge on any atom is 0.180 e. The van der Waals surface area contributed by atoms with Crippen LogP contribution in [-0.4, -0.2) is 23.9 Å². The first-order chi connectivity index (χ1) is 11.7. The van der Waals surface area contributed by atoms with Gasteiger partial charge in [-0.2, -0.15) is 0 Å². The van der Waals surface area contributed by atoms with Gasteiger partial charge in [0, 0.05) is 0 Å². The number of nitrogens with one attached hydrogen (secondary N) is 1. The Morgan fingerprint density at radius 1 is 0.960 bits per heavy atom. The van der Waals surface area contributed by atoms with Crippen molar-refractivity contribution in [2.45, 2.75) is 0 Å². The second-order valence-corrected chi connectivity index (χ2v) is 11.6. The largest absolute Gasteiger partial charge is 0.342 e. The SMILES string of the molecule is N#[C][Fe]([C]#N)([C]#N)([C]#N)([C]#N)([C]#N)[N+](=O)[O-].c1ncc2[nH]cnc2n1. The van der Waals surface area contributed by atoms with Crippen LogP contribution >= 0.6 is 0 Å².